The maximum absolute atomic E-state index is 13.0. The molecule has 1 aromatic carbocycles. The highest BCUT2D eigenvalue weighted by Gasteiger charge is 2.32. The van der Waals surface area contributed by atoms with Crippen molar-refractivity contribution in [3.8, 4) is 6.07 Å². The highest BCUT2D eigenvalue weighted by Crippen LogP contribution is 2.27. The second-order valence-electron chi connectivity index (χ2n) is 6.43. The number of sulfonamides is 1. The molecule has 1 amide bonds. The lowest BCUT2D eigenvalue weighted by molar-refractivity contribution is 0.102. The van der Waals surface area contributed by atoms with Crippen LogP contribution in [0, 0.1) is 11.3 Å². The number of hydrogen-bond donors (Lipinski definition) is 1. The summed E-state index contributed by atoms with van der Waals surface area (Å²) in [4.78, 5) is 12.6. The van der Waals surface area contributed by atoms with Crippen LogP contribution in [0.5, 0.6) is 0 Å². The molecular weight excluding hydrogens is 382 g/mol. The fourth-order valence-corrected chi connectivity index (χ4v) is 5.78. The van der Waals surface area contributed by atoms with Crippen LogP contribution in [-0.2, 0) is 10.0 Å². The van der Waals surface area contributed by atoms with Crippen molar-refractivity contribution in [3.63, 3.8) is 0 Å². The fourth-order valence-electron chi connectivity index (χ4n) is 3.28. The zero-order valence-corrected chi connectivity index (χ0v) is 16.6. The third-order valence-corrected chi connectivity index (χ3v) is 7.58. The standard InChI is InChI=1S/C19H21N3O3S2/c1-2-16-5-3-4-11-22(16)27(24,25)17-8-6-14(7-9-17)18(23)21-19-15(13-20)10-12-26-19/h6-10,12,16H,2-5,11H2,1H3,(H,21,23). The van der Waals surface area contributed by atoms with E-state index in [4.69, 9.17) is 5.26 Å². The molecule has 1 fully saturated rings. The van der Waals surface area contributed by atoms with Gasteiger partial charge in [0.1, 0.15) is 11.1 Å². The van der Waals surface area contributed by atoms with Gasteiger partial charge in [0.05, 0.1) is 10.5 Å². The highest BCUT2D eigenvalue weighted by atomic mass is 32.2. The Bertz CT molecular complexity index is 959. The first-order valence-electron chi connectivity index (χ1n) is 8.88. The van der Waals surface area contributed by atoms with Gasteiger partial charge in [-0.15, -0.1) is 11.3 Å². The average molecular weight is 404 g/mol. The number of nitrogens with one attached hydrogen (secondary N) is 1. The number of carbonyl (C=O) groups excluding carboxylic acids is 1. The summed E-state index contributed by atoms with van der Waals surface area (Å²) >= 11 is 1.27. The first-order chi connectivity index (χ1) is 13.0. The van der Waals surface area contributed by atoms with Gasteiger partial charge in [-0.2, -0.15) is 9.57 Å². The molecule has 6 nitrogen and oxygen atoms in total. The van der Waals surface area contributed by atoms with Crippen LogP contribution in [0.15, 0.2) is 40.6 Å². The van der Waals surface area contributed by atoms with Gasteiger partial charge in [0.25, 0.3) is 5.91 Å². The Kier molecular flexibility index (Phi) is 5.95. The van der Waals surface area contributed by atoms with Gasteiger partial charge in [0.2, 0.25) is 10.0 Å². The molecule has 1 aliphatic heterocycles. The monoisotopic (exact) mass is 403 g/mol. The van der Waals surface area contributed by atoms with Gasteiger partial charge in [-0.25, -0.2) is 8.42 Å². The van der Waals surface area contributed by atoms with Crippen molar-refractivity contribution in [1.29, 1.82) is 5.26 Å². The second kappa shape index (κ2) is 8.21. The maximum Gasteiger partial charge on any atom is 0.256 e. The predicted octanol–water partition coefficient (Wildman–Crippen LogP) is 3.83. The van der Waals surface area contributed by atoms with Crippen LogP contribution in [0.25, 0.3) is 0 Å². The molecule has 2 aromatic rings. The lowest BCUT2D eigenvalue weighted by Gasteiger charge is -2.34. The predicted molar refractivity (Wildman–Crippen MR) is 105 cm³/mol. The van der Waals surface area contributed by atoms with Crippen molar-refractivity contribution in [1.82, 2.24) is 4.31 Å². The molecule has 1 N–H and O–H groups in total. The third-order valence-electron chi connectivity index (χ3n) is 4.78. The molecule has 1 aliphatic rings. The first kappa shape index (κ1) is 19.5. The highest BCUT2D eigenvalue weighted by molar-refractivity contribution is 7.89. The molecule has 0 radical (unpaired) electrons. The van der Waals surface area contributed by atoms with Crippen LogP contribution in [0.4, 0.5) is 5.00 Å². The number of nitrogens with zero attached hydrogens (tertiary/aromatic N) is 2. The molecule has 27 heavy (non-hydrogen) atoms. The molecule has 1 saturated heterocycles. The van der Waals surface area contributed by atoms with Gasteiger partial charge in [-0.05, 0) is 55.0 Å². The molecule has 1 atom stereocenters. The minimum absolute atomic E-state index is 0.0370. The van der Waals surface area contributed by atoms with Crippen LogP contribution in [0.1, 0.15) is 48.5 Å². The molecule has 2 heterocycles. The minimum Gasteiger partial charge on any atom is -0.312 e. The van der Waals surface area contributed by atoms with E-state index in [2.05, 4.69) is 5.32 Å². The molecule has 142 valence electrons. The van der Waals surface area contributed by atoms with Crippen LogP contribution >= 0.6 is 11.3 Å². The van der Waals surface area contributed by atoms with E-state index in [0.29, 0.717) is 22.7 Å². The number of nitriles is 1. The van der Waals surface area contributed by atoms with E-state index in [1.54, 1.807) is 15.8 Å². The van der Waals surface area contributed by atoms with Gasteiger partial charge in [-0.3, -0.25) is 4.79 Å². The van der Waals surface area contributed by atoms with E-state index < -0.39 is 10.0 Å². The molecule has 8 heteroatoms. The van der Waals surface area contributed by atoms with Crippen molar-refractivity contribution in [2.75, 3.05) is 11.9 Å². The van der Waals surface area contributed by atoms with Gasteiger partial charge in [0.15, 0.2) is 0 Å². The average Bonchev–Trinajstić information content (AvgIpc) is 3.15. The zero-order valence-electron chi connectivity index (χ0n) is 15.0. The number of piperidine rings is 1. The minimum atomic E-state index is -3.57. The molecule has 0 aliphatic carbocycles. The van der Waals surface area contributed by atoms with Crippen molar-refractivity contribution in [2.45, 2.75) is 43.5 Å². The SMILES string of the molecule is CCC1CCCCN1S(=O)(=O)c1ccc(C(=O)Nc2sccc2C#N)cc1. The van der Waals surface area contributed by atoms with Gasteiger partial charge < -0.3 is 5.32 Å². The molecule has 1 unspecified atom stereocenters. The Morgan fingerprint density at radius 1 is 1.30 bits per heavy atom. The Labute approximate surface area is 163 Å². The lowest BCUT2D eigenvalue weighted by atomic mass is 10.0. The van der Waals surface area contributed by atoms with E-state index >= 15 is 0 Å². The quantitative estimate of drug-likeness (QED) is 0.821. The number of hydrogen-bond acceptors (Lipinski definition) is 5. The Balaban J connectivity index is 1.78. The number of thiophene rings is 1. The van der Waals surface area contributed by atoms with Crippen LogP contribution in [-0.4, -0.2) is 31.2 Å². The van der Waals surface area contributed by atoms with Crippen LogP contribution in [0.2, 0.25) is 0 Å². The summed E-state index contributed by atoms with van der Waals surface area (Å²) < 4.78 is 27.5. The van der Waals surface area contributed by atoms with Crippen molar-refractivity contribution < 1.29 is 13.2 Å². The molecular formula is C19H21N3O3S2. The van der Waals surface area contributed by atoms with Crippen molar-refractivity contribution in [2.24, 2.45) is 0 Å². The van der Waals surface area contributed by atoms with E-state index in [1.165, 1.54) is 35.6 Å². The number of carbonyl (C=O) groups is 1. The third kappa shape index (κ3) is 4.05. The van der Waals surface area contributed by atoms with E-state index in [0.717, 1.165) is 25.7 Å². The van der Waals surface area contributed by atoms with Gasteiger partial charge in [-0.1, -0.05) is 13.3 Å². The Hall–Kier alpha value is -2.21. The number of rotatable bonds is 5. The fraction of sp³-hybridized carbons (Fsp3) is 0.368. The van der Waals surface area contributed by atoms with Crippen LogP contribution in [0.3, 0.4) is 0 Å². The molecule has 0 saturated carbocycles. The van der Waals surface area contributed by atoms with E-state index in [1.807, 2.05) is 13.0 Å². The first-order valence-corrected chi connectivity index (χ1v) is 11.2. The molecule has 3 rings (SSSR count). The van der Waals surface area contributed by atoms with Crippen molar-refractivity contribution >= 4 is 32.3 Å². The summed E-state index contributed by atoms with van der Waals surface area (Å²) in [6.45, 7) is 2.55. The topological polar surface area (TPSA) is 90.3 Å². The molecule has 0 bridgehead atoms. The van der Waals surface area contributed by atoms with Gasteiger partial charge >= 0.3 is 0 Å². The van der Waals surface area contributed by atoms with E-state index in [9.17, 15) is 13.2 Å². The number of anilines is 1. The normalized spacial score (nSPS) is 18.0. The van der Waals surface area contributed by atoms with Crippen molar-refractivity contribution in [3.05, 3.63) is 46.8 Å². The summed E-state index contributed by atoms with van der Waals surface area (Å²) in [5.41, 5.74) is 0.750. The van der Waals surface area contributed by atoms with E-state index in [-0.39, 0.29) is 16.8 Å². The number of benzene rings is 1. The summed E-state index contributed by atoms with van der Waals surface area (Å²) in [5.74, 6) is -0.373. The summed E-state index contributed by atoms with van der Waals surface area (Å²) in [7, 11) is -3.57. The zero-order chi connectivity index (χ0) is 19.4. The molecule has 1 aromatic heterocycles. The summed E-state index contributed by atoms with van der Waals surface area (Å²) in [6.07, 6.45) is 3.61. The largest absolute Gasteiger partial charge is 0.312 e. The lowest BCUT2D eigenvalue weighted by Crippen LogP contribution is -2.43. The van der Waals surface area contributed by atoms with Gasteiger partial charge in [0, 0.05) is 18.2 Å². The second-order valence-corrected chi connectivity index (χ2v) is 9.23. The Morgan fingerprint density at radius 3 is 2.70 bits per heavy atom. The Morgan fingerprint density at radius 2 is 2.04 bits per heavy atom. The maximum atomic E-state index is 13.0. The summed E-state index contributed by atoms with van der Waals surface area (Å²) in [6, 6.07) is 9.66. The summed E-state index contributed by atoms with van der Waals surface area (Å²) in [5, 5.41) is 13.9. The molecule has 0 spiro atoms. The number of amides is 1. The van der Waals surface area contributed by atoms with Crippen LogP contribution < -0.4 is 5.32 Å². The smallest absolute Gasteiger partial charge is 0.256 e.